The Bertz CT molecular complexity index is 782. The van der Waals surface area contributed by atoms with E-state index in [9.17, 15) is 13.2 Å². The normalized spacial score (nSPS) is 12.0. The molecule has 0 bridgehead atoms. The van der Waals surface area contributed by atoms with Crippen molar-refractivity contribution in [2.45, 2.75) is 6.18 Å². The largest absolute Gasteiger partial charge is 0.417 e. The fourth-order valence-corrected chi connectivity index (χ4v) is 1.93. The van der Waals surface area contributed by atoms with Crippen LogP contribution in [0.1, 0.15) is 5.56 Å². The van der Waals surface area contributed by atoms with Crippen LogP contribution in [-0.2, 0) is 6.18 Å². The number of halogens is 4. The molecule has 0 saturated heterocycles. The van der Waals surface area contributed by atoms with E-state index in [2.05, 4.69) is 15.1 Å². The zero-order valence-corrected chi connectivity index (χ0v) is 10.5. The van der Waals surface area contributed by atoms with Gasteiger partial charge in [-0.2, -0.15) is 23.1 Å². The van der Waals surface area contributed by atoms with Crippen LogP contribution in [0.2, 0.25) is 5.15 Å². The van der Waals surface area contributed by atoms with Crippen LogP contribution in [0, 0.1) is 0 Å². The maximum absolute atomic E-state index is 13.0. The van der Waals surface area contributed by atoms with Gasteiger partial charge in [-0.05, 0) is 12.1 Å². The number of aromatic nitrogens is 4. The Balaban J connectivity index is 2.21. The molecular formula is C12H6ClF3N4. The van der Waals surface area contributed by atoms with Crippen molar-refractivity contribution >= 4 is 17.4 Å². The molecule has 2 heterocycles. The number of nitrogens with zero attached hydrogens (tertiary/aromatic N) is 4. The summed E-state index contributed by atoms with van der Waals surface area (Å²) in [5, 5.41) is 4.18. The first kappa shape index (κ1) is 12.9. The number of benzene rings is 1. The smallest absolute Gasteiger partial charge is 0.204 e. The van der Waals surface area contributed by atoms with E-state index in [1.807, 2.05) is 0 Å². The lowest BCUT2D eigenvalue weighted by Crippen LogP contribution is -2.07. The first-order chi connectivity index (χ1) is 9.45. The van der Waals surface area contributed by atoms with E-state index in [0.717, 1.165) is 6.07 Å². The van der Waals surface area contributed by atoms with Crippen LogP contribution in [0.15, 0.2) is 36.5 Å². The predicted octanol–water partition coefficient (Wildman–Crippen LogP) is 3.46. The first-order valence-corrected chi connectivity index (χ1v) is 5.88. The molecule has 8 heteroatoms. The van der Waals surface area contributed by atoms with Crippen LogP contribution < -0.4 is 0 Å². The molecule has 4 nitrogen and oxygen atoms in total. The van der Waals surface area contributed by atoms with Crippen molar-refractivity contribution in [2.75, 3.05) is 0 Å². The second kappa shape index (κ2) is 4.45. The van der Waals surface area contributed by atoms with E-state index < -0.39 is 11.7 Å². The van der Waals surface area contributed by atoms with Crippen LogP contribution in [0.25, 0.3) is 17.2 Å². The van der Waals surface area contributed by atoms with E-state index in [4.69, 9.17) is 11.6 Å². The maximum atomic E-state index is 13.0. The molecule has 0 atom stereocenters. The zero-order valence-electron chi connectivity index (χ0n) is 9.76. The summed E-state index contributed by atoms with van der Waals surface area (Å²) in [7, 11) is 0. The lowest BCUT2D eigenvalue weighted by atomic mass is 10.1. The molecule has 0 aliphatic rings. The zero-order chi connectivity index (χ0) is 14.3. The van der Waals surface area contributed by atoms with Gasteiger partial charge in [-0.15, -0.1) is 5.10 Å². The number of hydrogen-bond donors (Lipinski definition) is 0. The highest BCUT2D eigenvalue weighted by atomic mass is 35.5. The van der Waals surface area contributed by atoms with Gasteiger partial charge in [-0.1, -0.05) is 29.8 Å². The topological polar surface area (TPSA) is 43.1 Å². The standard InChI is InChI=1S/C12H6ClF3N4/c13-9-5-6-20-11(17-9)18-10(19-20)7-3-1-2-4-8(7)12(14,15)16/h1-6H. The lowest BCUT2D eigenvalue weighted by molar-refractivity contribution is -0.137. The predicted molar refractivity (Wildman–Crippen MR) is 66.2 cm³/mol. The summed E-state index contributed by atoms with van der Waals surface area (Å²) in [6.45, 7) is 0. The minimum absolute atomic E-state index is 0.0484. The van der Waals surface area contributed by atoms with Crippen molar-refractivity contribution in [3.05, 3.63) is 47.2 Å². The van der Waals surface area contributed by atoms with Gasteiger partial charge in [0.2, 0.25) is 0 Å². The Labute approximate surface area is 115 Å². The summed E-state index contributed by atoms with van der Waals surface area (Å²) < 4.78 is 40.1. The quantitative estimate of drug-likeness (QED) is 0.646. The molecule has 3 aromatic rings. The minimum atomic E-state index is -4.47. The van der Waals surface area contributed by atoms with Crippen molar-refractivity contribution in [3.63, 3.8) is 0 Å². The Morgan fingerprint density at radius 3 is 2.55 bits per heavy atom. The summed E-state index contributed by atoms with van der Waals surface area (Å²) in [5.41, 5.74) is -0.886. The molecule has 0 unspecified atom stereocenters. The molecule has 0 fully saturated rings. The van der Waals surface area contributed by atoms with Crippen LogP contribution in [0.5, 0.6) is 0 Å². The van der Waals surface area contributed by atoms with Crippen LogP contribution in [0.3, 0.4) is 0 Å². The van der Waals surface area contributed by atoms with Crippen LogP contribution in [-0.4, -0.2) is 19.6 Å². The minimum Gasteiger partial charge on any atom is -0.204 e. The first-order valence-electron chi connectivity index (χ1n) is 5.51. The molecule has 0 aliphatic heterocycles. The highest BCUT2D eigenvalue weighted by molar-refractivity contribution is 6.29. The van der Waals surface area contributed by atoms with Gasteiger partial charge in [0.15, 0.2) is 5.82 Å². The molecule has 0 saturated carbocycles. The van der Waals surface area contributed by atoms with E-state index in [1.165, 1.54) is 35.0 Å². The molecular weight excluding hydrogens is 293 g/mol. The second-order valence-electron chi connectivity index (χ2n) is 3.97. The third-order valence-corrected chi connectivity index (χ3v) is 2.86. The highest BCUT2D eigenvalue weighted by Crippen LogP contribution is 2.35. The monoisotopic (exact) mass is 298 g/mol. The van der Waals surface area contributed by atoms with Crippen LogP contribution >= 0.6 is 11.6 Å². The van der Waals surface area contributed by atoms with Gasteiger partial charge < -0.3 is 0 Å². The van der Waals surface area contributed by atoms with Crippen LogP contribution in [0.4, 0.5) is 13.2 Å². The molecule has 0 amide bonds. The molecule has 0 aliphatic carbocycles. The summed E-state index contributed by atoms with van der Waals surface area (Å²) in [6.07, 6.45) is -2.99. The second-order valence-corrected chi connectivity index (χ2v) is 4.36. The third-order valence-electron chi connectivity index (χ3n) is 2.65. The van der Waals surface area contributed by atoms with E-state index in [1.54, 1.807) is 0 Å². The van der Waals surface area contributed by atoms with E-state index >= 15 is 0 Å². The molecule has 20 heavy (non-hydrogen) atoms. The average molecular weight is 299 g/mol. The summed E-state index contributed by atoms with van der Waals surface area (Å²) >= 11 is 5.71. The Kier molecular flexibility index (Phi) is 2.86. The van der Waals surface area contributed by atoms with Gasteiger partial charge in [-0.3, -0.25) is 0 Å². The molecule has 0 radical (unpaired) electrons. The van der Waals surface area contributed by atoms with Gasteiger partial charge in [0.1, 0.15) is 5.15 Å². The Hall–Kier alpha value is -2.15. The maximum Gasteiger partial charge on any atom is 0.417 e. The molecule has 0 spiro atoms. The molecule has 3 rings (SSSR count). The van der Waals surface area contributed by atoms with Gasteiger partial charge in [0.05, 0.1) is 5.56 Å². The van der Waals surface area contributed by atoms with Gasteiger partial charge in [-0.25, -0.2) is 4.52 Å². The number of rotatable bonds is 1. The Morgan fingerprint density at radius 2 is 1.80 bits per heavy atom. The Morgan fingerprint density at radius 1 is 1.05 bits per heavy atom. The highest BCUT2D eigenvalue weighted by Gasteiger charge is 2.34. The van der Waals surface area contributed by atoms with Gasteiger partial charge in [0, 0.05) is 11.8 Å². The summed E-state index contributed by atoms with van der Waals surface area (Å²) in [4.78, 5) is 7.86. The van der Waals surface area contributed by atoms with Crippen molar-refractivity contribution in [1.29, 1.82) is 0 Å². The van der Waals surface area contributed by atoms with Gasteiger partial charge >= 0.3 is 6.18 Å². The van der Waals surface area contributed by atoms with Crippen molar-refractivity contribution in [3.8, 4) is 11.4 Å². The molecule has 1 aromatic carbocycles. The fraction of sp³-hybridized carbons (Fsp3) is 0.0833. The number of fused-ring (bicyclic) bond motifs is 1. The van der Waals surface area contributed by atoms with Crippen molar-refractivity contribution in [1.82, 2.24) is 19.6 Å². The lowest BCUT2D eigenvalue weighted by Gasteiger charge is -2.09. The molecule has 102 valence electrons. The number of alkyl halides is 3. The van der Waals surface area contributed by atoms with Crippen molar-refractivity contribution < 1.29 is 13.2 Å². The SMILES string of the molecule is FC(F)(F)c1ccccc1-c1nc2nc(Cl)ccn2n1. The van der Waals surface area contributed by atoms with E-state index in [-0.39, 0.29) is 22.3 Å². The third kappa shape index (κ3) is 2.20. The molecule has 2 aromatic heterocycles. The van der Waals surface area contributed by atoms with Crippen molar-refractivity contribution in [2.24, 2.45) is 0 Å². The van der Waals surface area contributed by atoms with E-state index in [0.29, 0.717) is 0 Å². The fourth-order valence-electron chi connectivity index (χ4n) is 1.80. The summed E-state index contributed by atoms with van der Waals surface area (Å²) in [6, 6.07) is 6.59. The summed E-state index contributed by atoms with van der Waals surface area (Å²) in [5.74, 6) is 0.0946. The number of hydrogen-bond acceptors (Lipinski definition) is 3. The van der Waals surface area contributed by atoms with Gasteiger partial charge in [0.25, 0.3) is 5.78 Å². The average Bonchev–Trinajstić information content (AvgIpc) is 2.80. The molecule has 0 N–H and O–H groups in total.